The number of aliphatic hydroxyl groups excluding tert-OH is 4. The summed E-state index contributed by atoms with van der Waals surface area (Å²) >= 11 is 0. The van der Waals surface area contributed by atoms with Crippen LogP contribution in [-0.4, -0.2) is 119 Å². The van der Waals surface area contributed by atoms with Crippen molar-refractivity contribution in [1.29, 1.82) is 0 Å². The number of carbonyl (C=O) groups excluding carboxylic acids is 4. The van der Waals surface area contributed by atoms with Gasteiger partial charge in [-0.25, -0.2) is 0 Å². The first kappa shape index (κ1) is 55.1. The summed E-state index contributed by atoms with van der Waals surface area (Å²) in [6.45, 7) is 18.0. The van der Waals surface area contributed by atoms with E-state index in [0.717, 1.165) is 19.3 Å². The van der Waals surface area contributed by atoms with Crippen LogP contribution in [-0.2, 0) is 28.7 Å². The van der Waals surface area contributed by atoms with Crippen LogP contribution in [0.15, 0.2) is 47.6 Å². The van der Waals surface area contributed by atoms with E-state index in [1.807, 2.05) is 20.8 Å². The number of fused-ring (bicyclic) bond motifs is 2. The van der Waals surface area contributed by atoms with Gasteiger partial charge in [-0.05, 0) is 104 Å². The number of carboxylic acid groups (broad SMARTS) is 2. The van der Waals surface area contributed by atoms with Crippen molar-refractivity contribution in [1.82, 2.24) is 0 Å². The molecule has 4 aliphatic carbocycles. The minimum absolute atomic E-state index is 0. The first-order valence-corrected chi connectivity index (χ1v) is 22.4. The molecule has 0 fully saturated rings. The fourth-order valence-electron chi connectivity index (χ4n) is 9.44. The summed E-state index contributed by atoms with van der Waals surface area (Å²) in [5.41, 5.74) is 2.38. The van der Waals surface area contributed by atoms with Gasteiger partial charge in [0, 0.05) is 42.5 Å². The maximum absolute atomic E-state index is 12.5. The van der Waals surface area contributed by atoms with E-state index >= 15 is 0 Å². The molecule has 13 heteroatoms. The summed E-state index contributed by atoms with van der Waals surface area (Å²) in [4.78, 5) is 46.2. The van der Waals surface area contributed by atoms with Crippen LogP contribution in [0, 0.1) is 66.1 Å². The molecule has 0 saturated heterocycles. The second-order valence-electron chi connectivity index (χ2n) is 18.4. The van der Waals surface area contributed by atoms with Gasteiger partial charge in [-0.1, -0.05) is 84.9 Å². The van der Waals surface area contributed by atoms with E-state index in [-0.39, 0.29) is 122 Å². The van der Waals surface area contributed by atoms with Crippen molar-refractivity contribution in [2.24, 2.45) is 59.2 Å². The van der Waals surface area contributed by atoms with Crippen LogP contribution in [0.4, 0.5) is 0 Å². The third-order valence-electron chi connectivity index (χ3n) is 13.1. The van der Waals surface area contributed by atoms with Gasteiger partial charge >= 0.3 is 49.7 Å². The molecule has 0 aromatic rings. The molecule has 0 radical (unpaired) electrons. The van der Waals surface area contributed by atoms with Crippen LogP contribution in [0.2, 0.25) is 0 Å². The molecule has 12 nitrogen and oxygen atoms in total. The third-order valence-corrected chi connectivity index (χ3v) is 13.1. The smallest absolute Gasteiger partial charge is 0.550 e. The molecule has 0 aromatic heterocycles. The molecule has 4 rings (SSSR count). The standard InChI is InChI=1S/C24H38O6.C24H37O6.Ca/c2*1-5-15(3)24(29)30-21-11-14(2)10-17-7-6-16(4)20(23(17)21)9-8-18(25)12-19(26)13-22(27)28;/h6-7,10,14-16,18-21,23,25-26H,5,8-9,11-13H2,1-4H3,(H,27,28);6-7,10,14-16,18-21,23,25-26H,1,5,8-9,11-13H2,2-4H3,(H,27,28);/q;-1;+2/p-2/t2*14-,15-,16-,18+,19+,20-,21-,23-;/m00./s1. The molecule has 0 amide bonds. The molecule has 4 N–H and O–H groups in total. The number of rotatable bonds is 20. The number of hydrogen-bond acceptors (Lipinski definition) is 12. The molecule has 340 valence electrons. The molecule has 0 aliphatic heterocycles. The average Bonchev–Trinajstić information content (AvgIpc) is 3.15. The predicted octanol–water partition coefficient (Wildman–Crippen LogP) is 4.20. The Morgan fingerprint density at radius 2 is 1.07 bits per heavy atom. The van der Waals surface area contributed by atoms with E-state index in [2.05, 4.69) is 71.1 Å². The number of aliphatic hydroxyl groups is 4. The van der Waals surface area contributed by atoms with Crippen LogP contribution < -0.4 is 10.2 Å². The monoisotopic (exact) mass is 881 g/mol. The van der Waals surface area contributed by atoms with Crippen molar-refractivity contribution in [2.75, 3.05) is 0 Å². The van der Waals surface area contributed by atoms with Gasteiger partial charge in [-0.2, -0.15) is 6.42 Å². The second kappa shape index (κ2) is 26.7. The average molecular weight is 882 g/mol. The zero-order valence-corrected chi connectivity index (χ0v) is 39.9. The third kappa shape index (κ3) is 17.4. The first-order valence-electron chi connectivity index (χ1n) is 22.4. The van der Waals surface area contributed by atoms with E-state index in [4.69, 9.17) is 9.47 Å². The van der Waals surface area contributed by atoms with Crippen molar-refractivity contribution < 1.29 is 59.3 Å². The predicted molar refractivity (Wildman–Crippen MR) is 229 cm³/mol. The summed E-state index contributed by atoms with van der Waals surface area (Å²) in [6.07, 6.45) is 13.1. The van der Waals surface area contributed by atoms with E-state index in [1.165, 1.54) is 11.1 Å². The Morgan fingerprint density at radius 3 is 1.41 bits per heavy atom. The molecule has 4 aliphatic rings. The summed E-state index contributed by atoms with van der Waals surface area (Å²) in [6, 6.07) is 0. The van der Waals surface area contributed by atoms with Gasteiger partial charge in [0.1, 0.15) is 12.2 Å². The zero-order chi connectivity index (χ0) is 44.8. The van der Waals surface area contributed by atoms with Gasteiger partial charge < -0.3 is 56.6 Å². The Kier molecular flexibility index (Phi) is 24.1. The van der Waals surface area contributed by atoms with E-state index < -0.39 is 49.2 Å². The molecule has 0 heterocycles. The van der Waals surface area contributed by atoms with Crippen molar-refractivity contribution >= 4 is 61.6 Å². The van der Waals surface area contributed by atoms with Crippen molar-refractivity contribution in [3.63, 3.8) is 0 Å². The number of carbonyl (C=O) groups is 4. The Bertz CT molecular complexity index is 1430. The van der Waals surface area contributed by atoms with Gasteiger partial charge in [0.2, 0.25) is 0 Å². The molecule has 0 saturated carbocycles. The number of aliphatic carboxylic acids is 2. The fraction of sp³-hybridized carbons (Fsp3) is 0.729. The van der Waals surface area contributed by atoms with Crippen LogP contribution >= 0.6 is 0 Å². The topological polar surface area (TPSA) is 214 Å². The summed E-state index contributed by atoms with van der Waals surface area (Å²) in [7, 11) is 0. The van der Waals surface area contributed by atoms with Gasteiger partial charge in [0.15, 0.2) is 0 Å². The molecular formula is C48H73CaO12-. The van der Waals surface area contributed by atoms with Gasteiger partial charge in [-0.3, -0.25) is 9.59 Å². The summed E-state index contributed by atoms with van der Waals surface area (Å²) in [5, 5.41) is 61.3. The van der Waals surface area contributed by atoms with Crippen molar-refractivity contribution in [2.45, 2.75) is 162 Å². The molecule has 0 aromatic carbocycles. The molecule has 0 unspecified atom stereocenters. The summed E-state index contributed by atoms with van der Waals surface area (Å²) in [5.74, 6) is -1.65. The molecular weight excluding hydrogens is 809 g/mol. The number of allylic oxidation sites excluding steroid dienone is 6. The minimum atomic E-state index is -1.33. The molecule has 61 heavy (non-hydrogen) atoms. The van der Waals surface area contributed by atoms with Gasteiger partial charge in [-0.15, -0.1) is 0 Å². The normalized spacial score (nSPS) is 30.8. The number of esters is 2. The van der Waals surface area contributed by atoms with Gasteiger partial charge in [0.05, 0.1) is 30.3 Å². The van der Waals surface area contributed by atoms with E-state index in [1.54, 1.807) is 0 Å². The van der Waals surface area contributed by atoms with Crippen LogP contribution in [0.1, 0.15) is 126 Å². The number of hydrogen-bond donors (Lipinski definition) is 4. The molecule has 0 spiro atoms. The van der Waals surface area contributed by atoms with Crippen molar-refractivity contribution in [3.05, 3.63) is 54.5 Å². The second-order valence-corrected chi connectivity index (χ2v) is 18.4. The Labute approximate surface area is 394 Å². The van der Waals surface area contributed by atoms with Gasteiger partial charge in [0.25, 0.3) is 0 Å². The minimum Gasteiger partial charge on any atom is -0.550 e. The zero-order valence-electron chi connectivity index (χ0n) is 37.7. The SMILES string of the molecule is CC[C@H](C)C(=O)O[C@H]1C[C@@H](C)C=C2C=C[C@H](C)[C@H](CC[C@@H](O)C[C@@H](O)CC(=O)[O-])[C@H]21.[CH2-]C[C@H](C)C(=O)O[C@H]1C[C@@H](C)C=C2C=C[C@H](C)[C@H](CC[C@@H](O)C[C@@H](O)CC(=O)[O-])[C@H]21.[Ca+2]. The molecule has 0 bridgehead atoms. The largest absolute Gasteiger partial charge is 2.00 e. The van der Waals surface area contributed by atoms with E-state index in [9.17, 15) is 49.8 Å². The first-order chi connectivity index (χ1) is 28.2. The maximum atomic E-state index is 12.5. The number of carboxylic acids is 2. The molecule has 16 atom stereocenters. The van der Waals surface area contributed by atoms with Crippen molar-refractivity contribution in [3.8, 4) is 0 Å². The Morgan fingerprint density at radius 1 is 0.689 bits per heavy atom. The Hall–Kier alpha value is -2.06. The van der Waals surface area contributed by atoms with E-state index in [0.29, 0.717) is 43.9 Å². The van der Waals surface area contributed by atoms with Crippen LogP contribution in [0.5, 0.6) is 0 Å². The fourth-order valence-corrected chi connectivity index (χ4v) is 9.44. The summed E-state index contributed by atoms with van der Waals surface area (Å²) < 4.78 is 11.9. The maximum Gasteiger partial charge on any atom is 2.00 e. The van der Waals surface area contributed by atoms with Crippen LogP contribution in [0.3, 0.4) is 0 Å². The Balaban J connectivity index is 0.000000413. The van der Waals surface area contributed by atoms with Crippen LogP contribution in [0.25, 0.3) is 0 Å². The number of ether oxygens (including phenoxy) is 2. The quantitative estimate of drug-likeness (QED) is 0.0770.